The molecule has 0 aromatic rings. The normalized spacial score (nSPS) is 19.8. The molecule has 0 aliphatic carbocycles. The lowest BCUT2D eigenvalue weighted by Gasteiger charge is -2.30. The first-order valence-electron chi connectivity index (χ1n) is 6.38. The fourth-order valence-corrected chi connectivity index (χ4v) is 2.01. The summed E-state index contributed by atoms with van der Waals surface area (Å²) in [7, 11) is 0. The van der Waals surface area contributed by atoms with Crippen LogP contribution in [0, 0.1) is 0 Å². The maximum Gasteiger partial charge on any atom is 0.239 e. The van der Waals surface area contributed by atoms with Crippen molar-refractivity contribution >= 4 is 5.91 Å². The zero-order valence-corrected chi connectivity index (χ0v) is 10.9. The van der Waals surface area contributed by atoms with E-state index >= 15 is 0 Å². The molecule has 1 rings (SSSR count). The van der Waals surface area contributed by atoms with Crippen molar-refractivity contribution in [3.05, 3.63) is 12.7 Å². The molecule has 1 fully saturated rings. The van der Waals surface area contributed by atoms with E-state index in [-0.39, 0.29) is 11.9 Å². The highest BCUT2D eigenvalue weighted by Crippen LogP contribution is 2.03. The van der Waals surface area contributed by atoms with Crippen LogP contribution in [0.1, 0.15) is 26.7 Å². The number of carbonyl (C=O) groups is 1. The number of amides is 1. The molecule has 1 N–H and O–H groups in total. The van der Waals surface area contributed by atoms with Gasteiger partial charge >= 0.3 is 0 Å². The van der Waals surface area contributed by atoms with Gasteiger partial charge in [-0.05, 0) is 26.7 Å². The Morgan fingerprint density at radius 2 is 2.12 bits per heavy atom. The topological polar surface area (TPSA) is 41.6 Å². The predicted molar refractivity (Wildman–Crippen MR) is 68.9 cm³/mol. The standard InChI is InChI=1S/C13H24N2O2/c1-4-5-6-11(2)14-12(3)13(16)15-7-9-17-10-8-15/h4,11-12,14H,1,5-10H2,2-3H3/t11-,12+/m1/s1. The first-order valence-corrected chi connectivity index (χ1v) is 6.38. The van der Waals surface area contributed by atoms with Crippen molar-refractivity contribution in [2.45, 2.75) is 38.8 Å². The molecule has 98 valence electrons. The van der Waals surface area contributed by atoms with Gasteiger partial charge in [0, 0.05) is 19.1 Å². The minimum absolute atomic E-state index is 0.118. The highest BCUT2D eigenvalue weighted by Gasteiger charge is 2.22. The Morgan fingerprint density at radius 3 is 2.71 bits per heavy atom. The second-order valence-electron chi connectivity index (χ2n) is 4.59. The zero-order valence-electron chi connectivity index (χ0n) is 10.9. The van der Waals surface area contributed by atoms with Crippen LogP contribution in [0.2, 0.25) is 0 Å². The molecule has 1 aliphatic rings. The lowest BCUT2D eigenvalue weighted by Crippen LogP contribution is -2.50. The van der Waals surface area contributed by atoms with E-state index in [0.717, 1.165) is 12.8 Å². The molecule has 4 heteroatoms. The molecule has 0 aromatic heterocycles. The highest BCUT2D eigenvalue weighted by atomic mass is 16.5. The van der Waals surface area contributed by atoms with Gasteiger partial charge in [-0.1, -0.05) is 6.08 Å². The maximum atomic E-state index is 12.1. The quantitative estimate of drug-likeness (QED) is 0.709. The molecule has 1 heterocycles. The Kier molecular flexibility index (Phi) is 6.22. The summed E-state index contributed by atoms with van der Waals surface area (Å²) < 4.78 is 5.24. The molecule has 0 spiro atoms. The van der Waals surface area contributed by atoms with Crippen molar-refractivity contribution < 1.29 is 9.53 Å². The average Bonchev–Trinajstić information content (AvgIpc) is 2.36. The van der Waals surface area contributed by atoms with Gasteiger partial charge in [0.25, 0.3) is 0 Å². The molecule has 1 saturated heterocycles. The molecule has 1 aliphatic heterocycles. The highest BCUT2D eigenvalue weighted by molar-refractivity contribution is 5.81. The summed E-state index contributed by atoms with van der Waals surface area (Å²) in [6.07, 6.45) is 3.91. The van der Waals surface area contributed by atoms with Gasteiger partial charge in [-0.3, -0.25) is 4.79 Å². The molecular weight excluding hydrogens is 216 g/mol. The van der Waals surface area contributed by atoms with Crippen LogP contribution < -0.4 is 5.32 Å². The molecule has 0 unspecified atom stereocenters. The van der Waals surface area contributed by atoms with Crippen LogP contribution in [0.15, 0.2) is 12.7 Å². The van der Waals surface area contributed by atoms with Gasteiger partial charge in [-0.15, -0.1) is 6.58 Å². The monoisotopic (exact) mass is 240 g/mol. The summed E-state index contributed by atoms with van der Waals surface area (Å²) in [5.41, 5.74) is 0. The van der Waals surface area contributed by atoms with Crippen LogP contribution in [-0.4, -0.2) is 49.2 Å². The predicted octanol–water partition coefficient (Wildman–Crippen LogP) is 1.18. The third-order valence-electron chi connectivity index (χ3n) is 3.03. The molecule has 0 aromatic carbocycles. The molecule has 2 atom stereocenters. The van der Waals surface area contributed by atoms with E-state index in [1.165, 1.54) is 0 Å². The first kappa shape index (κ1) is 14.2. The number of nitrogens with one attached hydrogen (secondary N) is 1. The number of ether oxygens (including phenoxy) is 1. The zero-order chi connectivity index (χ0) is 12.7. The van der Waals surface area contributed by atoms with Gasteiger partial charge in [0.05, 0.1) is 19.3 Å². The number of hydrogen-bond donors (Lipinski definition) is 1. The van der Waals surface area contributed by atoms with Gasteiger partial charge in [-0.25, -0.2) is 0 Å². The van der Waals surface area contributed by atoms with E-state index in [4.69, 9.17) is 4.74 Å². The van der Waals surface area contributed by atoms with Crippen molar-refractivity contribution in [2.75, 3.05) is 26.3 Å². The third kappa shape index (κ3) is 4.88. The Balaban J connectivity index is 2.32. The first-order chi connectivity index (χ1) is 8.15. The van der Waals surface area contributed by atoms with Crippen LogP contribution in [-0.2, 0) is 9.53 Å². The summed E-state index contributed by atoms with van der Waals surface area (Å²) in [6.45, 7) is 10.5. The minimum Gasteiger partial charge on any atom is -0.378 e. The number of hydrogen-bond acceptors (Lipinski definition) is 3. The van der Waals surface area contributed by atoms with Crippen molar-refractivity contribution in [2.24, 2.45) is 0 Å². The van der Waals surface area contributed by atoms with Gasteiger partial charge < -0.3 is 15.0 Å². The largest absolute Gasteiger partial charge is 0.378 e. The summed E-state index contributed by atoms with van der Waals surface area (Å²) in [5, 5.41) is 3.33. The second-order valence-corrected chi connectivity index (χ2v) is 4.59. The van der Waals surface area contributed by atoms with Crippen LogP contribution in [0.5, 0.6) is 0 Å². The Hall–Kier alpha value is -0.870. The fraction of sp³-hybridized carbons (Fsp3) is 0.769. The Bertz CT molecular complexity index is 250. The van der Waals surface area contributed by atoms with Gasteiger partial charge in [0.1, 0.15) is 0 Å². The molecule has 0 radical (unpaired) electrons. The van der Waals surface area contributed by atoms with E-state index in [0.29, 0.717) is 32.3 Å². The van der Waals surface area contributed by atoms with Crippen LogP contribution in [0.4, 0.5) is 0 Å². The molecule has 17 heavy (non-hydrogen) atoms. The van der Waals surface area contributed by atoms with E-state index in [9.17, 15) is 4.79 Å². The summed E-state index contributed by atoms with van der Waals surface area (Å²) in [4.78, 5) is 14.0. The van der Waals surface area contributed by atoms with Gasteiger partial charge in [0.15, 0.2) is 0 Å². The summed E-state index contributed by atoms with van der Waals surface area (Å²) in [6, 6.07) is 0.223. The SMILES string of the molecule is C=CCC[C@@H](C)N[C@@H](C)C(=O)N1CCOCC1. The van der Waals surface area contributed by atoms with Crippen molar-refractivity contribution in [3.63, 3.8) is 0 Å². The molecule has 0 bridgehead atoms. The molecule has 1 amide bonds. The number of rotatable bonds is 6. The summed E-state index contributed by atoms with van der Waals surface area (Å²) in [5.74, 6) is 0.179. The van der Waals surface area contributed by atoms with Crippen molar-refractivity contribution in [1.29, 1.82) is 0 Å². The number of morpholine rings is 1. The van der Waals surface area contributed by atoms with Crippen LogP contribution in [0.3, 0.4) is 0 Å². The van der Waals surface area contributed by atoms with Gasteiger partial charge in [-0.2, -0.15) is 0 Å². The lowest BCUT2D eigenvalue weighted by atomic mass is 10.1. The number of carbonyl (C=O) groups excluding carboxylic acids is 1. The smallest absolute Gasteiger partial charge is 0.239 e. The van der Waals surface area contributed by atoms with Crippen molar-refractivity contribution in [1.82, 2.24) is 10.2 Å². The van der Waals surface area contributed by atoms with E-state index in [1.54, 1.807) is 0 Å². The van der Waals surface area contributed by atoms with E-state index in [1.807, 2.05) is 17.9 Å². The third-order valence-corrected chi connectivity index (χ3v) is 3.03. The van der Waals surface area contributed by atoms with Crippen LogP contribution in [0.25, 0.3) is 0 Å². The van der Waals surface area contributed by atoms with Crippen LogP contribution >= 0.6 is 0 Å². The number of nitrogens with zero attached hydrogens (tertiary/aromatic N) is 1. The maximum absolute atomic E-state index is 12.1. The second kappa shape index (κ2) is 7.45. The summed E-state index contributed by atoms with van der Waals surface area (Å²) >= 11 is 0. The Morgan fingerprint density at radius 1 is 1.47 bits per heavy atom. The van der Waals surface area contributed by atoms with Crippen molar-refractivity contribution in [3.8, 4) is 0 Å². The fourth-order valence-electron chi connectivity index (χ4n) is 2.01. The molecule has 4 nitrogen and oxygen atoms in total. The molecule has 0 saturated carbocycles. The Labute approximate surface area is 104 Å². The average molecular weight is 240 g/mol. The molecular formula is C13H24N2O2. The van der Waals surface area contributed by atoms with Gasteiger partial charge in [0.2, 0.25) is 5.91 Å². The lowest BCUT2D eigenvalue weighted by molar-refractivity contribution is -0.137. The minimum atomic E-state index is -0.118. The number of allylic oxidation sites excluding steroid dienone is 1. The van der Waals surface area contributed by atoms with E-state index < -0.39 is 0 Å². The van der Waals surface area contributed by atoms with E-state index in [2.05, 4.69) is 18.8 Å².